The molecule has 114 valence electrons. The summed E-state index contributed by atoms with van der Waals surface area (Å²) in [5, 5.41) is 0. The van der Waals surface area contributed by atoms with Crippen LogP contribution in [0.25, 0.3) is 0 Å². The molecular formula is C15H19NO5. The first-order valence-corrected chi connectivity index (χ1v) is 7.50. The maximum atomic E-state index is 12.7. The summed E-state index contributed by atoms with van der Waals surface area (Å²) in [6.07, 6.45) is 5.67. The van der Waals surface area contributed by atoms with Crippen molar-refractivity contribution in [2.75, 3.05) is 26.8 Å². The molecule has 5 atom stereocenters. The van der Waals surface area contributed by atoms with Gasteiger partial charge in [-0.05, 0) is 12.8 Å². The quantitative estimate of drug-likeness (QED) is 0.546. The molecule has 1 spiro atoms. The van der Waals surface area contributed by atoms with Gasteiger partial charge in [0.05, 0.1) is 31.8 Å². The molecule has 21 heavy (non-hydrogen) atoms. The molecule has 4 rings (SSSR count). The molecular weight excluding hydrogens is 274 g/mol. The van der Waals surface area contributed by atoms with E-state index in [9.17, 15) is 9.59 Å². The van der Waals surface area contributed by atoms with E-state index < -0.39 is 17.4 Å². The van der Waals surface area contributed by atoms with Crippen LogP contribution >= 0.6 is 0 Å². The van der Waals surface area contributed by atoms with E-state index in [0.29, 0.717) is 13.1 Å². The van der Waals surface area contributed by atoms with Gasteiger partial charge in [-0.15, -0.1) is 0 Å². The van der Waals surface area contributed by atoms with E-state index in [0.717, 1.165) is 19.4 Å². The number of rotatable bonds is 3. The fraction of sp³-hybridized carbons (Fsp3) is 0.733. The molecule has 3 fully saturated rings. The second-order valence-electron chi connectivity index (χ2n) is 6.28. The van der Waals surface area contributed by atoms with E-state index >= 15 is 0 Å². The average Bonchev–Trinajstić information content (AvgIpc) is 3.22. The Balaban J connectivity index is 1.57. The van der Waals surface area contributed by atoms with Gasteiger partial charge in [-0.1, -0.05) is 12.2 Å². The molecule has 3 saturated heterocycles. The number of carbonyl (C=O) groups is 2. The van der Waals surface area contributed by atoms with Crippen molar-refractivity contribution < 1.29 is 23.8 Å². The van der Waals surface area contributed by atoms with Crippen LogP contribution < -0.4 is 0 Å². The predicted molar refractivity (Wildman–Crippen MR) is 71.3 cm³/mol. The lowest BCUT2D eigenvalue weighted by atomic mass is 9.77. The summed E-state index contributed by atoms with van der Waals surface area (Å²) in [7, 11) is 1.36. The Hall–Kier alpha value is -1.40. The molecule has 0 N–H and O–H groups in total. The Labute approximate surface area is 123 Å². The van der Waals surface area contributed by atoms with Gasteiger partial charge in [-0.3, -0.25) is 9.59 Å². The summed E-state index contributed by atoms with van der Waals surface area (Å²) in [4.78, 5) is 26.5. The van der Waals surface area contributed by atoms with E-state index in [1.165, 1.54) is 7.11 Å². The van der Waals surface area contributed by atoms with Crippen molar-refractivity contribution >= 4 is 11.9 Å². The number of carbonyl (C=O) groups excluding carboxylic acids is 2. The van der Waals surface area contributed by atoms with Gasteiger partial charge in [0.25, 0.3) is 0 Å². The summed E-state index contributed by atoms with van der Waals surface area (Å²) in [6, 6.07) is 0. The molecule has 0 aromatic heterocycles. The highest BCUT2D eigenvalue weighted by Gasteiger charge is 2.67. The fourth-order valence-corrected chi connectivity index (χ4v) is 4.17. The van der Waals surface area contributed by atoms with Crippen molar-refractivity contribution in [3.05, 3.63) is 12.2 Å². The third kappa shape index (κ3) is 1.78. The zero-order valence-corrected chi connectivity index (χ0v) is 12.0. The first-order chi connectivity index (χ1) is 10.1. The Morgan fingerprint density at radius 3 is 3.14 bits per heavy atom. The van der Waals surface area contributed by atoms with Gasteiger partial charge in [0.2, 0.25) is 5.91 Å². The number of nitrogens with zero attached hydrogens (tertiary/aromatic N) is 1. The van der Waals surface area contributed by atoms with E-state index in [2.05, 4.69) is 0 Å². The number of amides is 1. The lowest BCUT2D eigenvalue weighted by Crippen LogP contribution is -2.40. The molecule has 0 saturated carbocycles. The standard InChI is InChI=1S/C15H19NO5/c1-19-14(18)11-10-4-5-15(21-10)8-16(13(17)12(11)15)7-9-3-2-6-20-9/h4-5,9-12H,2-3,6-8H2,1H3/t9-,10+,11+,12-,15-/m0/s1. The SMILES string of the molecule is COC(=O)[C@H]1[C@H]2C(=O)N(C[C@@H]3CCCO3)C[C@@]23C=C[C@H]1O3. The molecule has 6 heteroatoms. The van der Waals surface area contributed by atoms with Gasteiger partial charge < -0.3 is 19.1 Å². The van der Waals surface area contributed by atoms with E-state index in [4.69, 9.17) is 14.2 Å². The highest BCUT2D eigenvalue weighted by atomic mass is 16.5. The number of fused-ring (bicyclic) bond motifs is 1. The number of methoxy groups -OCH3 is 1. The van der Waals surface area contributed by atoms with E-state index in [1.807, 2.05) is 12.2 Å². The molecule has 2 bridgehead atoms. The fourth-order valence-electron chi connectivity index (χ4n) is 4.17. The highest BCUT2D eigenvalue weighted by molar-refractivity contribution is 5.91. The minimum atomic E-state index is -0.640. The largest absolute Gasteiger partial charge is 0.469 e. The van der Waals surface area contributed by atoms with Crippen LogP contribution in [0, 0.1) is 11.8 Å². The second-order valence-corrected chi connectivity index (χ2v) is 6.28. The molecule has 0 unspecified atom stereocenters. The lowest BCUT2D eigenvalue weighted by Gasteiger charge is -2.23. The third-order valence-electron chi connectivity index (χ3n) is 5.10. The average molecular weight is 293 g/mol. The van der Waals surface area contributed by atoms with Crippen LogP contribution in [-0.2, 0) is 23.8 Å². The van der Waals surface area contributed by atoms with Crippen LogP contribution in [0.1, 0.15) is 12.8 Å². The van der Waals surface area contributed by atoms with Crippen LogP contribution in [0.15, 0.2) is 12.2 Å². The topological polar surface area (TPSA) is 65.1 Å². The number of likely N-dealkylation sites (tertiary alicyclic amines) is 1. The Bertz CT molecular complexity index is 512. The summed E-state index contributed by atoms with van der Waals surface area (Å²) in [5.41, 5.74) is -0.640. The molecule has 0 aliphatic carbocycles. The van der Waals surface area contributed by atoms with Gasteiger partial charge in [0.15, 0.2) is 0 Å². The smallest absolute Gasteiger partial charge is 0.312 e. The molecule has 4 heterocycles. The first kappa shape index (κ1) is 13.3. The lowest BCUT2D eigenvalue weighted by molar-refractivity contribution is -0.151. The van der Waals surface area contributed by atoms with Crippen LogP contribution in [0.2, 0.25) is 0 Å². The van der Waals surface area contributed by atoms with Crippen LogP contribution in [0.3, 0.4) is 0 Å². The second kappa shape index (κ2) is 4.55. The minimum absolute atomic E-state index is 0.00671. The van der Waals surface area contributed by atoms with Gasteiger partial charge >= 0.3 is 5.97 Å². The van der Waals surface area contributed by atoms with E-state index in [-0.39, 0.29) is 24.1 Å². The van der Waals surface area contributed by atoms with Gasteiger partial charge in [-0.2, -0.15) is 0 Å². The first-order valence-electron chi connectivity index (χ1n) is 7.50. The van der Waals surface area contributed by atoms with Crippen molar-refractivity contribution in [2.45, 2.75) is 30.7 Å². The zero-order chi connectivity index (χ0) is 14.6. The highest BCUT2D eigenvalue weighted by Crippen LogP contribution is 2.52. The molecule has 4 aliphatic rings. The molecule has 4 aliphatic heterocycles. The van der Waals surface area contributed by atoms with Crippen LogP contribution in [-0.4, -0.2) is 61.4 Å². The number of ether oxygens (including phenoxy) is 3. The predicted octanol–water partition coefficient (Wildman–Crippen LogP) is 0.120. The van der Waals surface area contributed by atoms with Gasteiger partial charge in [0, 0.05) is 13.2 Å². The van der Waals surface area contributed by atoms with Crippen LogP contribution in [0.4, 0.5) is 0 Å². The molecule has 6 nitrogen and oxygen atoms in total. The minimum Gasteiger partial charge on any atom is -0.469 e. The number of hydrogen-bond donors (Lipinski definition) is 0. The molecule has 0 aromatic carbocycles. The Kier molecular flexibility index (Phi) is 2.87. The molecule has 1 amide bonds. The zero-order valence-electron chi connectivity index (χ0n) is 12.0. The maximum absolute atomic E-state index is 12.7. The number of esters is 1. The summed E-state index contributed by atoms with van der Waals surface area (Å²) < 4.78 is 16.4. The Morgan fingerprint density at radius 2 is 2.43 bits per heavy atom. The third-order valence-corrected chi connectivity index (χ3v) is 5.10. The van der Waals surface area contributed by atoms with Gasteiger partial charge in [-0.25, -0.2) is 0 Å². The normalized spacial score (nSPS) is 43.7. The van der Waals surface area contributed by atoms with E-state index in [1.54, 1.807) is 4.90 Å². The number of hydrogen-bond acceptors (Lipinski definition) is 5. The van der Waals surface area contributed by atoms with Gasteiger partial charge in [0.1, 0.15) is 11.5 Å². The monoisotopic (exact) mass is 293 g/mol. The summed E-state index contributed by atoms with van der Waals surface area (Å²) in [5.74, 6) is -1.32. The van der Waals surface area contributed by atoms with Crippen LogP contribution in [0.5, 0.6) is 0 Å². The molecule has 0 radical (unpaired) electrons. The van der Waals surface area contributed by atoms with Crippen molar-refractivity contribution in [1.82, 2.24) is 4.90 Å². The van der Waals surface area contributed by atoms with Crippen molar-refractivity contribution in [3.8, 4) is 0 Å². The van der Waals surface area contributed by atoms with Crippen molar-refractivity contribution in [3.63, 3.8) is 0 Å². The van der Waals surface area contributed by atoms with Crippen molar-refractivity contribution in [1.29, 1.82) is 0 Å². The summed E-state index contributed by atoms with van der Waals surface area (Å²) >= 11 is 0. The molecule has 0 aromatic rings. The Morgan fingerprint density at radius 1 is 1.57 bits per heavy atom. The summed E-state index contributed by atoms with van der Waals surface area (Å²) in [6.45, 7) is 1.87. The maximum Gasteiger partial charge on any atom is 0.312 e. The van der Waals surface area contributed by atoms with Crippen molar-refractivity contribution in [2.24, 2.45) is 11.8 Å².